The number of thioether (sulfide) groups is 1. The monoisotopic (exact) mass is 475 g/mol. The van der Waals surface area contributed by atoms with Gasteiger partial charge in [-0.25, -0.2) is 9.79 Å². The molecule has 1 aliphatic rings. The van der Waals surface area contributed by atoms with Crippen LogP contribution in [0.3, 0.4) is 0 Å². The highest BCUT2D eigenvalue weighted by Crippen LogP contribution is 2.36. The van der Waals surface area contributed by atoms with Gasteiger partial charge < -0.3 is 9.52 Å². The van der Waals surface area contributed by atoms with E-state index in [0.29, 0.717) is 32.8 Å². The Labute approximate surface area is 197 Å². The Bertz CT molecular complexity index is 1370. The zero-order chi connectivity index (χ0) is 24.2. The summed E-state index contributed by atoms with van der Waals surface area (Å²) in [5.74, 6) is -0.747. The average Bonchev–Trinajstić information content (AvgIpc) is 3.40. The van der Waals surface area contributed by atoms with E-state index in [-0.39, 0.29) is 23.7 Å². The van der Waals surface area contributed by atoms with Crippen LogP contribution in [0.15, 0.2) is 87.6 Å². The highest BCUT2D eigenvalue weighted by atomic mass is 32.2. The molecule has 34 heavy (non-hydrogen) atoms. The third kappa shape index (κ3) is 4.66. The second-order valence-electron chi connectivity index (χ2n) is 7.04. The number of para-hydroxylation sites is 1. The largest absolute Gasteiger partial charge is 0.478 e. The summed E-state index contributed by atoms with van der Waals surface area (Å²) in [6, 6.07) is 15.5. The smallest absolute Gasteiger partial charge is 0.335 e. The molecule has 0 unspecified atom stereocenters. The zero-order valence-electron chi connectivity index (χ0n) is 17.6. The average molecular weight is 475 g/mol. The molecule has 10 heteroatoms. The zero-order valence-corrected chi connectivity index (χ0v) is 18.4. The molecule has 0 saturated carbocycles. The Balaban J connectivity index is 1.66. The molecule has 0 bridgehead atoms. The number of nitro groups is 1. The number of aromatic carboxylic acids is 1. The summed E-state index contributed by atoms with van der Waals surface area (Å²) in [7, 11) is 0. The topological polar surface area (TPSA) is 126 Å². The lowest BCUT2D eigenvalue weighted by Gasteiger charge is -2.12. The molecule has 1 aliphatic heterocycles. The number of rotatable bonds is 7. The van der Waals surface area contributed by atoms with Crippen LogP contribution in [-0.2, 0) is 4.79 Å². The van der Waals surface area contributed by atoms with Gasteiger partial charge in [0, 0.05) is 18.7 Å². The van der Waals surface area contributed by atoms with Crippen molar-refractivity contribution in [3.05, 3.63) is 99.7 Å². The molecule has 170 valence electrons. The standard InChI is InChI=1S/C24H17N3O6S/c1-2-12-26-22(28)21(34-24(26)25-16-7-5-6-15(13-16)23(29)30)14-17-10-11-20(33-17)18-8-3-4-9-19(18)27(31)32/h2-11,13-14H,1,12H2,(H,29,30)/b21-14+,25-24?. The maximum Gasteiger partial charge on any atom is 0.335 e. The van der Waals surface area contributed by atoms with Gasteiger partial charge in [-0.1, -0.05) is 24.3 Å². The number of carbonyl (C=O) groups is 2. The lowest BCUT2D eigenvalue weighted by Crippen LogP contribution is -2.29. The number of nitrogens with zero attached hydrogens (tertiary/aromatic N) is 3. The first-order valence-electron chi connectivity index (χ1n) is 9.95. The van der Waals surface area contributed by atoms with Crippen LogP contribution >= 0.6 is 11.8 Å². The lowest BCUT2D eigenvalue weighted by molar-refractivity contribution is -0.384. The van der Waals surface area contributed by atoms with E-state index in [0.717, 1.165) is 11.8 Å². The third-order valence-electron chi connectivity index (χ3n) is 4.78. The van der Waals surface area contributed by atoms with Crippen molar-refractivity contribution < 1.29 is 24.0 Å². The van der Waals surface area contributed by atoms with Crippen LogP contribution < -0.4 is 0 Å². The van der Waals surface area contributed by atoms with Crippen molar-refractivity contribution in [3.8, 4) is 11.3 Å². The van der Waals surface area contributed by atoms with E-state index in [1.165, 1.54) is 29.2 Å². The minimum Gasteiger partial charge on any atom is -0.478 e. The number of hydrogen-bond acceptors (Lipinski definition) is 7. The molecule has 1 aromatic heterocycles. The normalized spacial score (nSPS) is 15.8. The molecule has 1 amide bonds. The number of carboxylic acid groups (broad SMARTS) is 1. The van der Waals surface area contributed by atoms with E-state index in [4.69, 9.17) is 4.42 Å². The van der Waals surface area contributed by atoms with Crippen LogP contribution in [-0.4, -0.2) is 38.5 Å². The van der Waals surface area contributed by atoms with Crippen molar-refractivity contribution in [1.82, 2.24) is 4.90 Å². The number of carbonyl (C=O) groups excluding carboxylic acids is 1. The highest BCUT2D eigenvalue weighted by molar-refractivity contribution is 8.18. The summed E-state index contributed by atoms with van der Waals surface area (Å²) < 4.78 is 5.77. The van der Waals surface area contributed by atoms with Gasteiger partial charge in [0.05, 0.1) is 26.6 Å². The number of furan rings is 1. The fourth-order valence-corrected chi connectivity index (χ4v) is 4.23. The Morgan fingerprint density at radius 2 is 2.00 bits per heavy atom. The first-order valence-corrected chi connectivity index (χ1v) is 10.8. The van der Waals surface area contributed by atoms with E-state index in [1.807, 2.05) is 0 Å². The van der Waals surface area contributed by atoms with Gasteiger partial charge in [0.15, 0.2) is 5.17 Å². The summed E-state index contributed by atoms with van der Waals surface area (Å²) >= 11 is 1.11. The number of aliphatic imine (C=N–C) groups is 1. The van der Waals surface area contributed by atoms with Gasteiger partial charge in [-0.05, 0) is 48.2 Å². The summed E-state index contributed by atoms with van der Waals surface area (Å²) in [6.45, 7) is 3.89. The van der Waals surface area contributed by atoms with Gasteiger partial charge in [-0.3, -0.25) is 19.8 Å². The second-order valence-corrected chi connectivity index (χ2v) is 8.05. The molecule has 0 aliphatic carbocycles. The van der Waals surface area contributed by atoms with Crippen molar-refractivity contribution in [2.24, 2.45) is 4.99 Å². The van der Waals surface area contributed by atoms with Gasteiger partial charge >= 0.3 is 5.97 Å². The lowest BCUT2D eigenvalue weighted by atomic mass is 10.1. The van der Waals surface area contributed by atoms with Crippen LogP contribution in [0.25, 0.3) is 17.4 Å². The molecule has 1 N–H and O–H groups in total. The maximum atomic E-state index is 13.0. The molecule has 0 radical (unpaired) electrons. The van der Waals surface area contributed by atoms with Crippen molar-refractivity contribution in [3.63, 3.8) is 0 Å². The number of amides is 1. The number of benzene rings is 2. The Kier molecular flexibility index (Phi) is 6.42. The van der Waals surface area contributed by atoms with E-state index >= 15 is 0 Å². The van der Waals surface area contributed by atoms with Gasteiger partial charge in [0.25, 0.3) is 11.6 Å². The van der Waals surface area contributed by atoms with E-state index < -0.39 is 10.9 Å². The highest BCUT2D eigenvalue weighted by Gasteiger charge is 2.33. The molecule has 1 saturated heterocycles. The van der Waals surface area contributed by atoms with Crippen molar-refractivity contribution in [2.75, 3.05) is 6.54 Å². The van der Waals surface area contributed by atoms with Gasteiger partial charge in [-0.2, -0.15) is 0 Å². The van der Waals surface area contributed by atoms with Gasteiger partial charge in [0.2, 0.25) is 0 Å². The second kappa shape index (κ2) is 9.59. The first kappa shape index (κ1) is 22.7. The van der Waals surface area contributed by atoms with Crippen molar-refractivity contribution >= 4 is 46.3 Å². The molecule has 0 atom stereocenters. The van der Waals surface area contributed by atoms with Crippen LogP contribution in [0, 0.1) is 10.1 Å². The summed E-state index contributed by atoms with van der Waals surface area (Å²) in [6.07, 6.45) is 3.10. The van der Waals surface area contributed by atoms with Crippen molar-refractivity contribution in [1.29, 1.82) is 0 Å². The number of nitro benzene ring substituents is 1. The third-order valence-corrected chi connectivity index (χ3v) is 5.79. The van der Waals surface area contributed by atoms with E-state index in [1.54, 1.807) is 48.5 Å². The molecule has 2 aromatic carbocycles. The quantitative estimate of drug-likeness (QED) is 0.211. The maximum absolute atomic E-state index is 13.0. The molecule has 0 spiro atoms. The molecular weight excluding hydrogens is 458 g/mol. The predicted octanol–water partition coefficient (Wildman–Crippen LogP) is 5.34. The molecule has 9 nitrogen and oxygen atoms in total. The molecular formula is C24H17N3O6S. The van der Waals surface area contributed by atoms with Crippen LogP contribution in [0.2, 0.25) is 0 Å². The van der Waals surface area contributed by atoms with Crippen molar-refractivity contribution in [2.45, 2.75) is 0 Å². The summed E-state index contributed by atoms with van der Waals surface area (Å²) in [4.78, 5) is 41.2. The fourth-order valence-electron chi connectivity index (χ4n) is 3.25. The van der Waals surface area contributed by atoms with Crippen LogP contribution in [0.5, 0.6) is 0 Å². The summed E-state index contributed by atoms with van der Waals surface area (Å²) in [5, 5.41) is 20.9. The summed E-state index contributed by atoms with van der Waals surface area (Å²) in [5.41, 5.74) is 0.719. The number of amidine groups is 1. The fraction of sp³-hybridized carbons (Fsp3) is 0.0417. The predicted molar refractivity (Wildman–Crippen MR) is 129 cm³/mol. The van der Waals surface area contributed by atoms with Crippen LogP contribution in [0.1, 0.15) is 16.1 Å². The van der Waals surface area contributed by atoms with Crippen LogP contribution in [0.4, 0.5) is 11.4 Å². The molecule has 3 aromatic rings. The number of carboxylic acids is 1. The molecule has 1 fully saturated rings. The van der Waals surface area contributed by atoms with E-state index in [2.05, 4.69) is 11.6 Å². The number of hydrogen-bond donors (Lipinski definition) is 1. The molecule has 2 heterocycles. The Hall–Kier alpha value is -4.44. The minimum atomic E-state index is -1.08. The van der Waals surface area contributed by atoms with Gasteiger partial charge in [0.1, 0.15) is 11.5 Å². The minimum absolute atomic E-state index is 0.0836. The first-order chi connectivity index (χ1) is 16.4. The van der Waals surface area contributed by atoms with E-state index in [9.17, 15) is 24.8 Å². The van der Waals surface area contributed by atoms with Gasteiger partial charge in [-0.15, -0.1) is 6.58 Å². The Morgan fingerprint density at radius 1 is 1.21 bits per heavy atom. The molecule has 4 rings (SSSR count). The SMILES string of the molecule is C=CCN1C(=O)/C(=C\c2ccc(-c3ccccc3[N+](=O)[O-])o2)SC1=Nc1cccc(C(=O)O)c1. The Morgan fingerprint density at radius 3 is 2.74 bits per heavy atom.